The highest BCUT2D eigenvalue weighted by Crippen LogP contribution is 2.14. The molecule has 0 bridgehead atoms. The molecule has 0 aliphatic rings. The smallest absolute Gasteiger partial charge is 0.231 e. The minimum absolute atomic E-state index is 0.131. The van der Waals surface area contributed by atoms with Crippen LogP contribution in [0.2, 0.25) is 5.02 Å². The standard InChI is InChI=1S/C9H9Cl2N3O/c10-7-4-2-1-3-6(7)5-8(15)13-9(12)14-11/h1-4H,5H2,(H3,12,13,14,15). The summed E-state index contributed by atoms with van der Waals surface area (Å²) in [5.74, 6) is -0.446. The molecule has 1 rings (SSSR count). The van der Waals surface area contributed by atoms with Crippen LogP contribution in [-0.4, -0.2) is 11.9 Å². The molecule has 80 valence electrons. The lowest BCUT2D eigenvalue weighted by Crippen LogP contribution is -2.37. The number of amides is 1. The van der Waals surface area contributed by atoms with Gasteiger partial charge in [-0.3, -0.25) is 10.1 Å². The summed E-state index contributed by atoms with van der Waals surface area (Å²) >= 11 is 10.9. The third-order valence-electron chi connectivity index (χ3n) is 1.67. The van der Waals surface area contributed by atoms with Crippen LogP contribution in [0.15, 0.2) is 28.8 Å². The number of hydrogen-bond acceptors (Lipinski definition) is 2. The second-order valence-corrected chi connectivity index (χ2v) is 3.36. The molecule has 0 aliphatic carbocycles. The van der Waals surface area contributed by atoms with Gasteiger partial charge in [0.2, 0.25) is 11.9 Å². The van der Waals surface area contributed by atoms with Gasteiger partial charge in [0.05, 0.1) is 6.42 Å². The monoisotopic (exact) mass is 245 g/mol. The predicted octanol–water partition coefficient (Wildman–Crippen LogP) is 1.47. The van der Waals surface area contributed by atoms with Crippen LogP contribution in [-0.2, 0) is 11.2 Å². The van der Waals surface area contributed by atoms with Gasteiger partial charge >= 0.3 is 0 Å². The van der Waals surface area contributed by atoms with Crippen molar-refractivity contribution in [2.75, 3.05) is 0 Å². The van der Waals surface area contributed by atoms with Crippen molar-refractivity contribution in [2.24, 2.45) is 10.2 Å². The summed E-state index contributed by atoms with van der Waals surface area (Å²) in [5.41, 5.74) is 5.94. The molecule has 1 aromatic carbocycles. The molecule has 0 fully saturated rings. The Balaban J connectivity index is 2.63. The molecule has 1 amide bonds. The number of hydrogen-bond donors (Lipinski definition) is 2. The lowest BCUT2D eigenvalue weighted by atomic mass is 10.1. The molecule has 0 saturated carbocycles. The van der Waals surface area contributed by atoms with Crippen LogP contribution in [0.5, 0.6) is 0 Å². The minimum atomic E-state index is -0.315. The first kappa shape index (κ1) is 11.8. The fourth-order valence-electron chi connectivity index (χ4n) is 1.02. The number of benzene rings is 1. The highest BCUT2D eigenvalue weighted by atomic mass is 35.5. The van der Waals surface area contributed by atoms with Crippen LogP contribution in [0.25, 0.3) is 0 Å². The van der Waals surface area contributed by atoms with Crippen molar-refractivity contribution >= 4 is 35.2 Å². The van der Waals surface area contributed by atoms with Crippen molar-refractivity contribution in [3.05, 3.63) is 34.9 Å². The van der Waals surface area contributed by atoms with Gasteiger partial charge in [-0.2, -0.15) is 0 Å². The molecule has 3 N–H and O–H groups in total. The lowest BCUT2D eigenvalue weighted by Gasteiger charge is -2.04. The molecule has 0 unspecified atom stereocenters. The Morgan fingerprint density at radius 2 is 2.13 bits per heavy atom. The maximum absolute atomic E-state index is 11.3. The molecule has 0 heterocycles. The molecule has 6 heteroatoms. The van der Waals surface area contributed by atoms with Crippen LogP contribution in [0.4, 0.5) is 0 Å². The first-order valence-electron chi connectivity index (χ1n) is 4.11. The second kappa shape index (κ2) is 5.58. The summed E-state index contributed by atoms with van der Waals surface area (Å²) in [5, 5.41) is 2.84. The Bertz CT molecular complexity index is 393. The molecule has 0 spiro atoms. The van der Waals surface area contributed by atoms with E-state index < -0.39 is 0 Å². The number of halogens is 2. The number of carbonyl (C=O) groups is 1. The van der Waals surface area contributed by atoms with E-state index in [4.69, 9.17) is 29.1 Å². The SMILES string of the molecule is NC(=NCl)NC(=O)Cc1ccccc1Cl. The minimum Gasteiger partial charge on any atom is -0.369 e. The molecule has 0 radical (unpaired) electrons. The molecule has 0 saturated heterocycles. The Hall–Kier alpha value is -1.26. The zero-order chi connectivity index (χ0) is 11.3. The Morgan fingerprint density at radius 1 is 1.47 bits per heavy atom. The van der Waals surface area contributed by atoms with Crippen molar-refractivity contribution in [1.82, 2.24) is 5.32 Å². The highest BCUT2D eigenvalue weighted by Gasteiger charge is 2.07. The molecule has 0 aliphatic heterocycles. The summed E-state index contributed by atoms with van der Waals surface area (Å²) in [6.45, 7) is 0. The molecule has 0 aromatic heterocycles. The van der Waals surface area contributed by atoms with E-state index in [1.807, 2.05) is 0 Å². The van der Waals surface area contributed by atoms with E-state index >= 15 is 0 Å². The number of nitrogens with one attached hydrogen (secondary N) is 1. The summed E-state index contributed by atoms with van der Waals surface area (Å²) in [6, 6.07) is 7.06. The van der Waals surface area contributed by atoms with Crippen LogP contribution in [0, 0.1) is 0 Å². The summed E-state index contributed by atoms with van der Waals surface area (Å²) in [6.07, 6.45) is 0.132. The summed E-state index contributed by atoms with van der Waals surface area (Å²) in [7, 11) is 0. The van der Waals surface area contributed by atoms with E-state index in [9.17, 15) is 4.79 Å². The van der Waals surface area contributed by atoms with Gasteiger partial charge < -0.3 is 5.73 Å². The molecule has 0 atom stereocenters. The summed E-state index contributed by atoms with van der Waals surface area (Å²) in [4.78, 5) is 11.3. The number of guanidine groups is 1. The Morgan fingerprint density at radius 3 is 2.73 bits per heavy atom. The first-order valence-corrected chi connectivity index (χ1v) is 4.82. The highest BCUT2D eigenvalue weighted by molar-refractivity contribution is 6.31. The molecule has 4 nitrogen and oxygen atoms in total. The number of nitrogens with zero attached hydrogens (tertiary/aromatic N) is 1. The first-order chi connectivity index (χ1) is 7.13. The zero-order valence-corrected chi connectivity index (χ0v) is 9.22. The number of carbonyl (C=O) groups excluding carboxylic acids is 1. The molecule has 15 heavy (non-hydrogen) atoms. The van der Waals surface area contributed by atoms with Crippen molar-refractivity contribution in [3.8, 4) is 0 Å². The molecular formula is C9H9Cl2N3O. The predicted molar refractivity (Wildman–Crippen MR) is 60.8 cm³/mol. The third kappa shape index (κ3) is 3.77. The third-order valence-corrected chi connectivity index (χ3v) is 2.22. The fraction of sp³-hybridized carbons (Fsp3) is 0.111. The Labute approximate surface area is 97.2 Å². The average molecular weight is 246 g/mol. The Kier molecular flexibility index (Phi) is 4.39. The van der Waals surface area contributed by atoms with Gasteiger partial charge in [-0.1, -0.05) is 29.8 Å². The summed E-state index contributed by atoms with van der Waals surface area (Å²) < 4.78 is 3.09. The van der Waals surface area contributed by atoms with Crippen LogP contribution >= 0.6 is 23.4 Å². The zero-order valence-electron chi connectivity index (χ0n) is 7.71. The van der Waals surface area contributed by atoms with Crippen LogP contribution in [0.1, 0.15) is 5.56 Å². The van der Waals surface area contributed by atoms with E-state index in [1.165, 1.54) is 0 Å². The maximum Gasteiger partial charge on any atom is 0.231 e. The average Bonchev–Trinajstić information content (AvgIpc) is 2.21. The molecular weight excluding hydrogens is 237 g/mol. The second-order valence-electron chi connectivity index (χ2n) is 2.79. The largest absolute Gasteiger partial charge is 0.369 e. The van der Waals surface area contributed by atoms with Gasteiger partial charge in [0, 0.05) is 16.8 Å². The van der Waals surface area contributed by atoms with Gasteiger partial charge in [-0.25, -0.2) is 0 Å². The number of nitrogens with two attached hydrogens (primary N) is 1. The van der Waals surface area contributed by atoms with E-state index in [0.717, 1.165) is 5.56 Å². The van der Waals surface area contributed by atoms with Crippen molar-refractivity contribution in [1.29, 1.82) is 0 Å². The van der Waals surface area contributed by atoms with Gasteiger partial charge in [0.1, 0.15) is 0 Å². The van der Waals surface area contributed by atoms with Crippen LogP contribution < -0.4 is 11.1 Å². The van der Waals surface area contributed by atoms with Gasteiger partial charge in [0.15, 0.2) is 0 Å². The molecule has 1 aromatic rings. The van der Waals surface area contributed by atoms with E-state index in [-0.39, 0.29) is 18.3 Å². The van der Waals surface area contributed by atoms with E-state index in [0.29, 0.717) is 5.02 Å². The van der Waals surface area contributed by atoms with Gasteiger partial charge in [0.25, 0.3) is 0 Å². The van der Waals surface area contributed by atoms with Crippen molar-refractivity contribution < 1.29 is 4.79 Å². The van der Waals surface area contributed by atoms with Crippen LogP contribution in [0.3, 0.4) is 0 Å². The van der Waals surface area contributed by atoms with Gasteiger partial charge in [-0.05, 0) is 11.6 Å². The number of rotatable bonds is 2. The lowest BCUT2D eigenvalue weighted by molar-refractivity contribution is -0.119. The topological polar surface area (TPSA) is 67.5 Å². The maximum atomic E-state index is 11.3. The van der Waals surface area contributed by atoms with E-state index in [1.54, 1.807) is 24.3 Å². The fourth-order valence-corrected chi connectivity index (χ4v) is 1.27. The van der Waals surface area contributed by atoms with Crippen molar-refractivity contribution in [3.63, 3.8) is 0 Å². The quantitative estimate of drug-likeness (QED) is 0.612. The normalized spacial score (nSPS) is 11.2. The van der Waals surface area contributed by atoms with Gasteiger partial charge in [-0.15, -0.1) is 4.51 Å². The van der Waals surface area contributed by atoms with E-state index in [2.05, 4.69) is 9.83 Å². The van der Waals surface area contributed by atoms with Crippen molar-refractivity contribution in [2.45, 2.75) is 6.42 Å².